The molecule has 5 nitrogen and oxygen atoms in total. The summed E-state index contributed by atoms with van der Waals surface area (Å²) in [6.45, 7) is 4.75. The van der Waals surface area contributed by atoms with Crippen molar-refractivity contribution in [2.24, 2.45) is 0 Å². The minimum Gasteiger partial charge on any atom is -0.465 e. The SMILES string of the molecule is CCCCCCCCOC(=O)CN(CC=O)CC(=O)CCC. The molecule has 5 heteroatoms. The first-order valence-electron chi connectivity index (χ1n) is 8.47. The topological polar surface area (TPSA) is 63.7 Å². The lowest BCUT2D eigenvalue weighted by Crippen LogP contribution is -2.36. The Labute approximate surface area is 134 Å². The first kappa shape index (κ1) is 20.8. The van der Waals surface area contributed by atoms with Gasteiger partial charge < -0.3 is 9.53 Å². The summed E-state index contributed by atoms with van der Waals surface area (Å²) in [5.74, 6) is -0.312. The summed E-state index contributed by atoms with van der Waals surface area (Å²) in [4.78, 5) is 35.5. The maximum absolute atomic E-state index is 11.7. The molecule has 0 amide bonds. The highest BCUT2D eigenvalue weighted by Gasteiger charge is 2.14. The molecule has 0 saturated heterocycles. The third kappa shape index (κ3) is 12.5. The van der Waals surface area contributed by atoms with Crippen molar-refractivity contribution in [2.45, 2.75) is 65.2 Å². The summed E-state index contributed by atoms with van der Waals surface area (Å²) in [6, 6.07) is 0. The number of rotatable bonds is 15. The number of carbonyl (C=O) groups excluding carboxylic acids is 3. The van der Waals surface area contributed by atoms with Gasteiger partial charge in [-0.25, -0.2) is 0 Å². The number of carbonyl (C=O) groups is 3. The van der Waals surface area contributed by atoms with Crippen LogP contribution in [0.1, 0.15) is 65.2 Å². The summed E-state index contributed by atoms with van der Waals surface area (Å²) in [5, 5.41) is 0. The zero-order chi connectivity index (χ0) is 16.6. The van der Waals surface area contributed by atoms with E-state index in [1.54, 1.807) is 0 Å². The van der Waals surface area contributed by atoms with E-state index in [4.69, 9.17) is 4.74 Å². The predicted molar refractivity (Wildman–Crippen MR) is 86.8 cm³/mol. The van der Waals surface area contributed by atoms with Crippen molar-refractivity contribution in [3.63, 3.8) is 0 Å². The van der Waals surface area contributed by atoms with Gasteiger partial charge in [-0.15, -0.1) is 0 Å². The third-order valence-corrected chi connectivity index (χ3v) is 3.38. The number of hydrogen-bond acceptors (Lipinski definition) is 5. The van der Waals surface area contributed by atoms with Crippen LogP contribution < -0.4 is 0 Å². The molecule has 0 radical (unpaired) electrons. The van der Waals surface area contributed by atoms with Gasteiger partial charge >= 0.3 is 5.97 Å². The van der Waals surface area contributed by atoms with Crippen molar-refractivity contribution in [3.8, 4) is 0 Å². The second-order valence-electron chi connectivity index (χ2n) is 5.61. The number of hydrogen-bond donors (Lipinski definition) is 0. The largest absolute Gasteiger partial charge is 0.465 e. The fraction of sp³-hybridized carbons (Fsp3) is 0.824. The van der Waals surface area contributed by atoms with E-state index in [2.05, 4.69) is 6.92 Å². The molecule has 22 heavy (non-hydrogen) atoms. The Morgan fingerprint density at radius 1 is 0.955 bits per heavy atom. The fourth-order valence-electron chi connectivity index (χ4n) is 2.19. The number of nitrogens with zero attached hydrogens (tertiary/aromatic N) is 1. The van der Waals surface area contributed by atoms with Crippen LogP contribution in [-0.4, -0.2) is 49.2 Å². The van der Waals surface area contributed by atoms with Crippen LogP contribution in [0.5, 0.6) is 0 Å². The number of ketones is 1. The molecule has 0 aromatic heterocycles. The molecule has 0 atom stereocenters. The Kier molecular flexibility index (Phi) is 13.9. The smallest absolute Gasteiger partial charge is 0.320 e. The van der Waals surface area contributed by atoms with Gasteiger partial charge in [-0.3, -0.25) is 14.5 Å². The molecule has 0 bridgehead atoms. The lowest BCUT2D eigenvalue weighted by molar-refractivity contribution is -0.145. The molecule has 0 N–H and O–H groups in total. The molecule has 0 heterocycles. The van der Waals surface area contributed by atoms with E-state index in [-0.39, 0.29) is 31.4 Å². The highest BCUT2D eigenvalue weighted by atomic mass is 16.5. The molecule has 0 aromatic rings. The van der Waals surface area contributed by atoms with Crippen LogP contribution in [0.25, 0.3) is 0 Å². The molecule has 0 aliphatic rings. The van der Waals surface area contributed by atoms with E-state index in [1.807, 2.05) is 6.92 Å². The van der Waals surface area contributed by atoms with E-state index in [0.29, 0.717) is 19.3 Å². The summed E-state index contributed by atoms with van der Waals surface area (Å²) in [7, 11) is 0. The maximum atomic E-state index is 11.7. The molecule has 0 rings (SSSR count). The molecule has 0 fully saturated rings. The second kappa shape index (κ2) is 14.7. The Balaban J connectivity index is 3.83. The Bertz CT molecular complexity index is 318. The zero-order valence-corrected chi connectivity index (χ0v) is 14.1. The summed E-state index contributed by atoms with van der Waals surface area (Å²) in [5.41, 5.74) is 0. The van der Waals surface area contributed by atoms with Crippen LogP contribution in [0, 0.1) is 0 Å². The lowest BCUT2D eigenvalue weighted by atomic mass is 10.1. The van der Waals surface area contributed by atoms with Crippen molar-refractivity contribution in [2.75, 3.05) is 26.2 Å². The molecular formula is C17H31NO4. The van der Waals surface area contributed by atoms with Gasteiger partial charge in [-0.1, -0.05) is 46.0 Å². The zero-order valence-electron chi connectivity index (χ0n) is 14.1. The highest BCUT2D eigenvalue weighted by molar-refractivity contribution is 5.81. The lowest BCUT2D eigenvalue weighted by Gasteiger charge is -2.17. The monoisotopic (exact) mass is 313 g/mol. The van der Waals surface area contributed by atoms with E-state index in [0.717, 1.165) is 19.3 Å². The molecular weight excluding hydrogens is 282 g/mol. The van der Waals surface area contributed by atoms with Gasteiger partial charge in [0.1, 0.15) is 12.1 Å². The molecule has 0 aromatic carbocycles. The standard InChI is InChI=1S/C17H31NO4/c1-3-5-6-7-8-9-13-22-17(21)15-18(11-12-19)14-16(20)10-4-2/h12H,3-11,13-15H2,1-2H3. The van der Waals surface area contributed by atoms with Gasteiger partial charge in [0.05, 0.1) is 26.2 Å². The van der Waals surface area contributed by atoms with E-state index in [1.165, 1.54) is 30.6 Å². The number of ether oxygens (including phenoxy) is 1. The summed E-state index contributed by atoms with van der Waals surface area (Å²) in [6.07, 6.45) is 8.78. The van der Waals surface area contributed by atoms with Gasteiger partial charge in [0.2, 0.25) is 0 Å². The van der Waals surface area contributed by atoms with Crippen molar-refractivity contribution >= 4 is 18.0 Å². The minimum absolute atomic E-state index is 0.00400. The van der Waals surface area contributed by atoms with Crippen molar-refractivity contribution in [3.05, 3.63) is 0 Å². The van der Waals surface area contributed by atoms with Crippen LogP contribution in [0.2, 0.25) is 0 Å². The molecule has 0 saturated carbocycles. The first-order chi connectivity index (χ1) is 10.6. The minimum atomic E-state index is -0.361. The fourth-order valence-corrected chi connectivity index (χ4v) is 2.19. The van der Waals surface area contributed by atoms with Gasteiger partial charge in [0.25, 0.3) is 0 Å². The van der Waals surface area contributed by atoms with E-state index < -0.39 is 0 Å². The van der Waals surface area contributed by atoms with Gasteiger partial charge in [-0.05, 0) is 12.8 Å². The molecule has 0 spiro atoms. The Morgan fingerprint density at radius 2 is 1.64 bits per heavy atom. The summed E-state index contributed by atoms with van der Waals surface area (Å²) >= 11 is 0. The highest BCUT2D eigenvalue weighted by Crippen LogP contribution is 2.05. The molecule has 0 unspecified atom stereocenters. The number of esters is 1. The second-order valence-corrected chi connectivity index (χ2v) is 5.61. The van der Waals surface area contributed by atoms with Gasteiger partial charge in [0.15, 0.2) is 0 Å². The van der Waals surface area contributed by atoms with Gasteiger partial charge in [-0.2, -0.15) is 0 Å². The first-order valence-corrected chi connectivity index (χ1v) is 8.47. The average Bonchev–Trinajstić information content (AvgIpc) is 2.46. The van der Waals surface area contributed by atoms with Crippen molar-refractivity contribution in [1.29, 1.82) is 0 Å². The molecule has 128 valence electrons. The predicted octanol–water partition coefficient (Wildman–Crippen LogP) is 2.76. The summed E-state index contributed by atoms with van der Waals surface area (Å²) < 4.78 is 5.16. The number of unbranched alkanes of at least 4 members (excludes halogenated alkanes) is 5. The Morgan fingerprint density at radius 3 is 2.27 bits per heavy atom. The third-order valence-electron chi connectivity index (χ3n) is 3.38. The normalized spacial score (nSPS) is 10.7. The van der Waals surface area contributed by atoms with Crippen LogP contribution in [0.4, 0.5) is 0 Å². The quantitative estimate of drug-likeness (QED) is 0.264. The number of Topliss-reactive ketones (excluding diaryl/α,β-unsaturated/α-hetero) is 1. The van der Waals surface area contributed by atoms with E-state index in [9.17, 15) is 14.4 Å². The van der Waals surface area contributed by atoms with Crippen LogP contribution in [0.3, 0.4) is 0 Å². The van der Waals surface area contributed by atoms with Crippen LogP contribution in [-0.2, 0) is 19.1 Å². The van der Waals surface area contributed by atoms with Gasteiger partial charge in [0, 0.05) is 6.42 Å². The molecule has 0 aliphatic carbocycles. The van der Waals surface area contributed by atoms with Crippen molar-refractivity contribution < 1.29 is 19.1 Å². The number of aldehydes is 1. The average molecular weight is 313 g/mol. The Hall–Kier alpha value is -1.23. The van der Waals surface area contributed by atoms with Crippen LogP contribution in [0.15, 0.2) is 0 Å². The van der Waals surface area contributed by atoms with Crippen LogP contribution >= 0.6 is 0 Å². The van der Waals surface area contributed by atoms with E-state index >= 15 is 0 Å². The maximum Gasteiger partial charge on any atom is 0.320 e. The molecule has 0 aliphatic heterocycles. The van der Waals surface area contributed by atoms with Crippen molar-refractivity contribution in [1.82, 2.24) is 4.90 Å².